The van der Waals surface area contributed by atoms with Crippen molar-refractivity contribution in [3.05, 3.63) is 152 Å². The Balaban J connectivity index is 1.33. The van der Waals surface area contributed by atoms with Gasteiger partial charge in [0, 0.05) is 17.8 Å². The van der Waals surface area contributed by atoms with Crippen molar-refractivity contribution in [1.82, 2.24) is 4.98 Å². The lowest BCUT2D eigenvalue weighted by Crippen LogP contribution is -1.97. The Morgan fingerprint density at radius 3 is 1.31 bits per heavy atom. The van der Waals surface area contributed by atoms with E-state index >= 15 is 0 Å². The van der Waals surface area contributed by atoms with Gasteiger partial charge in [-0.1, -0.05) is 121 Å². The zero-order valence-electron chi connectivity index (χ0n) is 22.9. The average molecular weight is 532 g/mol. The molecule has 7 aromatic carbocycles. The SMILES string of the molecule is c1ccc2c(c1)-c1ccccc1-c1ccc(-c3ccc4c5ccccc5c5ccncc5c4c3)cc1-c1ccccc1-2. The van der Waals surface area contributed by atoms with Gasteiger partial charge in [-0.2, -0.15) is 0 Å². The van der Waals surface area contributed by atoms with Gasteiger partial charge in [-0.25, -0.2) is 0 Å². The fraction of sp³-hybridized carbons (Fsp3) is 0. The Kier molecular flexibility index (Phi) is 4.97. The van der Waals surface area contributed by atoms with Crippen LogP contribution >= 0.6 is 0 Å². The quantitative estimate of drug-likeness (QED) is 0.192. The molecule has 1 aliphatic carbocycles. The van der Waals surface area contributed by atoms with Crippen LogP contribution in [0.3, 0.4) is 0 Å². The summed E-state index contributed by atoms with van der Waals surface area (Å²) in [5.74, 6) is 0. The molecular weight excluding hydrogens is 506 g/mol. The van der Waals surface area contributed by atoms with Crippen molar-refractivity contribution in [3.8, 4) is 55.6 Å². The number of hydrogen-bond acceptors (Lipinski definition) is 1. The van der Waals surface area contributed by atoms with E-state index in [2.05, 4.69) is 145 Å². The van der Waals surface area contributed by atoms with Gasteiger partial charge in [0.15, 0.2) is 0 Å². The third kappa shape index (κ3) is 3.34. The lowest BCUT2D eigenvalue weighted by molar-refractivity contribution is 1.37. The molecule has 0 spiro atoms. The van der Waals surface area contributed by atoms with Crippen molar-refractivity contribution < 1.29 is 0 Å². The van der Waals surface area contributed by atoms with Gasteiger partial charge < -0.3 is 0 Å². The molecule has 8 aromatic rings. The number of aromatic nitrogens is 1. The second kappa shape index (κ2) is 8.99. The molecule has 1 heterocycles. The van der Waals surface area contributed by atoms with Crippen LogP contribution in [0.25, 0.3) is 88.0 Å². The zero-order valence-corrected chi connectivity index (χ0v) is 22.9. The van der Waals surface area contributed by atoms with Crippen LogP contribution in [0.15, 0.2) is 152 Å². The van der Waals surface area contributed by atoms with Crippen molar-refractivity contribution in [3.63, 3.8) is 0 Å². The van der Waals surface area contributed by atoms with Crippen LogP contribution in [0.2, 0.25) is 0 Å². The van der Waals surface area contributed by atoms with Gasteiger partial charge in [0.25, 0.3) is 0 Å². The number of fused-ring (bicyclic) bond motifs is 14. The number of nitrogens with zero attached hydrogens (tertiary/aromatic N) is 1. The highest BCUT2D eigenvalue weighted by molar-refractivity contribution is 6.25. The summed E-state index contributed by atoms with van der Waals surface area (Å²) in [6, 6.07) is 51.2. The summed E-state index contributed by atoms with van der Waals surface area (Å²) in [7, 11) is 0. The second-order valence-electron chi connectivity index (χ2n) is 11.1. The molecule has 0 fully saturated rings. The van der Waals surface area contributed by atoms with Crippen molar-refractivity contribution >= 4 is 32.3 Å². The lowest BCUT2D eigenvalue weighted by atomic mass is 9.80. The molecule has 1 aromatic heterocycles. The monoisotopic (exact) mass is 531 g/mol. The molecule has 0 bridgehead atoms. The van der Waals surface area contributed by atoms with E-state index in [1.807, 2.05) is 12.4 Å². The number of benzene rings is 7. The van der Waals surface area contributed by atoms with Crippen LogP contribution in [0.1, 0.15) is 0 Å². The number of pyridine rings is 1. The van der Waals surface area contributed by atoms with Crippen molar-refractivity contribution in [1.29, 1.82) is 0 Å². The van der Waals surface area contributed by atoms with E-state index in [9.17, 15) is 0 Å². The van der Waals surface area contributed by atoms with E-state index in [1.54, 1.807) is 0 Å². The molecule has 42 heavy (non-hydrogen) atoms. The third-order valence-electron chi connectivity index (χ3n) is 8.93. The van der Waals surface area contributed by atoms with E-state index in [0.717, 1.165) is 0 Å². The number of rotatable bonds is 1. The summed E-state index contributed by atoms with van der Waals surface area (Å²) in [5, 5.41) is 7.48. The van der Waals surface area contributed by atoms with Gasteiger partial charge in [-0.15, -0.1) is 0 Å². The second-order valence-corrected chi connectivity index (χ2v) is 11.1. The molecule has 9 rings (SSSR count). The van der Waals surface area contributed by atoms with Crippen molar-refractivity contribution in [2.75, 3.05) is 0 Å². The lowest BCUT2D eigenvalue weighted by Gasteiger charge is -2.23. The Labute approximate surface area is 244 Å². The Morgan fingerprint density at radius 1 is 0.286 bits per heavy atom. The molecule has 0 unspecified atom stereocenters. The minimum absolute atomic E-state index is 1.19. The molecule has 1 aliphatic rings. The molecular formula is C41H25N. The summed E-state index contributed by atoms with van der Waals surface area (Å²) < 4.78 is 0. The first-order valence-corrected chi connectivity index (χ1v) is 14.5. The van der Waals surface area contributed by atoms with E-state index in [4.69, 9.17) is 0 Å². The molecule has 1 heteroatoms. The van der Waals surface area contributed by atoms with Gasteiger partial charge in [0.1, 0.15) is 0 Å². The van der Waals surface area contributed by atoms with Gasteiger partial charge >= 0.3 is 0 Å². The smallest absolute Gasteiger partial charge is 0.0352 e. The maximum atomic E-state index is 4.51. The molecule has 0 aliphatic heterocycles. The minimum Gasteiger partial charge on any atom is -0.264 e. The maximum Gasteiger partial charge on any atom is 0.0352 e. The molecule has 0 atom stereocenters. The molecule has 0 saturated heterocycles. The highest BCUT2D eigenvalue weighted by Crippen LogP contribution is 2.48. The van der Waals surface area contributed by atoms with Gasteiger partial charge in [-0.3, -0.25) is 4.98 Å². The van der Waals surface area contributed by atoms with Gasteiger partial charge in [-0.05, 0) is 101 Å². The third-order valence-corrected chi connectivity index (χ3v) is 8.93. The van der Waals surface area contributed by atoms with Crippen LogP contribution in [-0.2, 0) is 0 Å². The normalized spacial score (nSPS) is 11.8. The Morgan fingerprint density at radius 2 is 0.714 bits per heavy atom. The van der Waals surface area contributed by atoms with Crippen LogP contribution in [0.5, 0.6) is 0 Å². The zero-order chi connectivity index (χ0) is 27.6. The van der Waals surface area contributed by atoms with Crippen LogP contribution in [0, 0.1) is 0 Å². The van der Waals surface area contributed by atoms with E-state index in [-0.39, 0.29) is 0 Å². The predicted molar refractivity (Wildman–Crippen MR) is 177 cm³/mol. The van der Waals surface area contributed by atoms with Crippen LogP contribution in [-0.4, -0.2) is 4.98 Å². The largest absolute Gasteiger partial charge is 0.264 e. The maximum absolute atomic E-state index is 4.51. The van der Waals surface area contributed by atoms with Crippen LogP contribution < -0.4 is 0 Å². The highest BCUT2D eigenvalue weighted by atomic mass is 14.6. The predicted octanol–water partition coefficient (Wildman–Crippen LogP) is 11.2. The summed E-state index contributed by atoms with van der Waals surface area (Å²) in [6.07, 6.45) is 3.91. The average Bonchev–Trinajstić information content (AvgIpc) is 3.07. The molecule has 0 radical (unpaired) electrons. The first kappa shape index (κ1) is 23.2. The van der Waals surface area contributed by atoms with Gasteiger partial charge in [0.05, 0.1) is 0 Å². The molecule has 194 valence electrons. The first-order valence-electron chi connectivity index (χ1n) is 14.5. The molecule has 1 nitrogen and oxygen atoms in total. The summed E-state index contributed by atoms with van der Waals surface area (Å²) in [6.45, 7) is 0. The van der Waals surface area contributed by atoms with Gasteiger partial charge in [0.2, 0.25) is 0 Å². The van der Waals surface area contributed by atoms with E-state index in [1.165, 1.54) is 88.0 Å². The number of hydrogen-bond donors (Lipinski definition) is 0. The minimum atomic E-state index is 1.19. The molecule has 0 saturated carbocycles. The Bertz CT molecular complexity index is 2320. The molecule has 0 N–H and O–H groups in total. The van der Waals surface area contributed by atoms with E-state index in [0.29, 0.717) is 0 Å². The van der Waals surface area contributed by atoms with E-state index < -0.39 is 0 Å². The summed E-state index contributed by atoms with van der Waals surface area (Å²) in [5.41, 5.74) is 12.6. The fourth-order valence-electron chi connectivity index (χ4n) is 7.02. The Hall–Kier alpha value is -5.53. The summed E-state index contributed by atoms with van der Waals surface area (Å²) >= 11 is 0. The summed E-state index contributed by atoms with van der Waals surface area (Å²) in [4.78, 5) is 4.51. The van der Waals surface area contributed by atoms with Crippen molar-refractivity contribution in [2.45, 2.75) is 0 Å². The highest BCUT2D eigenvalue weighted by Gasteiger charge is 2.22. The molecule has 0 amide bonds. The van der Waals surface area contributed by atoms with Crippen molar-refractivity contribution in [2.24, 2.45) is 0 Å². The fourth-order valence-corrected chi connectivity index (χ4v) is 7.02. The standard InChI is InChI=1S/C41H25N/c1-2-10-29-28(9-1)30-11-3-4-13-32(30)36-19-17-26(23-39(36)35-16-8-7-12-31(29)35)27-18-20-37-33-14-5-6-15-34(33)38-21-22-42-25-41(38)40(37)24-27/h1-25H. The topological polar surface area (TPSA) is 12.9 Å². The first-order chi connectivity index (χ1) is 20.8. The van der Waals surface area contributed by atoms with Crippen LogP contribution in [0.4, 0.5) is 0 Å².